The number of aromatic amines is 2. The summed E-state index contributed by atoms with van der Waals surface area (Å²) in [6.45, 7) is 13.6. The van der Waals surface area contributed by atoms with Gasteiger partial charge in [-0.1, -0.05) is 6.92 Å². The smallest absolute Gasteiger partial charge is 0.303 e. The summed E-state index contributed by atoms with van der Waals surface area (Å²) in [5, 5.41) is 55.2. The molecule has 5 rings (SSSR count). The molecule has 8 bridgehead atoms. The molecule has 3 aromatic heterocycles. The molecular weight excluding hydrogens is 678 g/mol. The molecule has 0 saturated heterocycles. The average molecular weight is 732 g/mol. The number of aryl methyl sites for hydroxylation is 3. The van der Waals surface area contributed by atoms with E-state index in [9.17, 15) is 24.9 Å². The fourth-order valence-corrected chi connectivity index (χ4v) is 7.03. The number of nitrogens with zero attached hydrogens (tertiary/aromatic N) is 3. The Labute approximate surface area is 309 Å². The summed E-state index contributed by atoms with van der Waals surface area (Å²) in [7, 11) is 0. The first kappa shape index (κ1) is 41.1. The maximum atomic E-state index is 11.5. The molecule has 0 spiro atoms. The Kier molecular flexibility index (Phi) is 14.3. The maximum absolute atomic E-state index is 11.5. The number of fused-ring (bicyclic) bond motifs is 8. The van der Waals surface area contributed by atoms with E-state index < -0.39 is 18.0 Å². The highest BCUT2D eigenvalue weighted by molar-refractivity contribution is 5.96. The van der Waals surface area contributed by atoms with Crippen LogP contribution in [0.1, 0.15) is 105 Å². The van der Waals surface area contributed by atoms with Gasteiger partial charge in [0.25, 0.3) is 0 Å². The third kappa shape index (κ3) is 9.67. The topological polar surface area (TPSA) is 216 Å². The monoisotopic (exact) mass is 731 g/mol. The number of carboxylic acids is 2. The zero-order valence-electron chi connectivity index (χ0n) is 31.5. The van der Waals surface area contributed by atoms with Gasteiger partial charge in [-0.3, -0.25) is 14.5 Å². The van der Waals surface area contributed by atoms with Gasteiger partial charge >= 0.3 is 11.9 Å². The minimum Gasteiger partial charge on any atom is -0.481 e. The summed E-state index contributed by atoms with van der Waals surface area (Å²) in [4.78, 5) is 41.9. The third-order valence-electron chi connectivity index (χ3n) is 9.91. The van der Waals surface area contributed by atoms with Crippen molar-refractivity contribution in [1.29, 1.82) is 0 Å². The van der Waals surface area contributed by atoms with Gasteiger partial charge in [0.2, 0.25) is 0 Å². The number of nitrogens with one attached hydrogen (secondary N) is 2. The third-order valence-corrected chi connectivity index (χ3v) is 9.91. The van der Waals surface area contributed by atoms with E-state index in [2.05, 4.69) is 29.9 Å². The Morgan fingerprint density at radius 3 is 1.57 bits per heavy atom. The lowest BCUT2D eigenvalue weighted by molar-refractivity contribution is -0.137. The van der Waals surface area contributed by atoms with Crippen molar-refractivity contribution in [3.05, 3.63) is 69.3 Å². The average Bonchev–Trinajstić information content (AvgIpc) is 3.76. The number of aliphatic hydroxyl groups is 4. The molecule has 2 aliphatic heterocycles. The second-order valence-corrected chi connectivity index (χ2v) is 13.4. The lowest BCUT2D eigenvalue weighted by atomic mass is 9.98. The predicted octanol–water partition coefficient (Wildman–Crippen LogP) is 5.40. The van der Waals surface area contributed by atoms with Crippen LogP contribution in [-0.2, 0) is 16.0 Å². The Morgan fingerprint density at radius 1 is 0.679 bits per heavy atom. The second-order valence-electron chi connectivity index (χ2n) is 13.4. The van der Waals surface area contributed by atoms with E-state index in [0.717, 1.165) is 73.2 Å². The molecule has 13 nitrogen and oxygen atoms in total. The Balaban J connectivity index is 0.000000550. The van der Waals surface area contributed by atoms with Crippen LogP contribution >= 0.6 is 0 Å². The molecule has 0 amide bonds. The summed E-state index contributed by atoms with van der Waals surface area (Å²) in [6, 6.07) is 7.85. The molecule has 3 aromatic rings. The number of hydrogen-bond donors (Lipinski definition) is 8. The van der Waals surface area contributed by atoms with E-state index in [1.165, 1.54) is 5.56 Å². The second kappa shape index (κ2) is 18.4. The number of H-pyrrole nitrogens is 2. The Hall–Kier alpha value is -4.66. The highest BCUT2D eigenvalue weighted by atomic mass is 16.4. The molecular formula is C40H53N5O8. The van der Waals surface area contributed by atoms with E-state index >= 15 is 0 Å². The molecule has 286 valence electrons. The van der Waals surface area contributed by atoms with Crippen molar-refractivity contribution >= 4 is 56.3 Å². The zero-order chi connectivity index (χ0) is 39.0. The van der Waals surface area contributed by atoms with Crippen LogP contribution < -0.4 is 0 Å². The van der Waals surface area contributed by atoms with Crippen molar-refractivity contribution in [3.63, 3.8) is 0 Å². The van der Waals surface area contributed by atoms with Crippen molar-refractivity contribution in [1.82, 2.24) is 24.8 Å². The van der Waals surface area contributed by atoms with Crippen LogP contribution in [0.2, 0.25) is 0 Å². The van der Waals surface area contributed by atoms with E-state index in [1.807, 2.05) is 39.0 Å². The lowest BCUT2D eigenvalue weighted by Crippen LogP contribution is -2.32. The fourth-order valence-electron chi connectivity index (χ4n) is 7.03. The first-order chi connectivity index (χ1) is 25.2. The van der Waals surface area contributed by atoms with Crippen LogP contribution in [0.25, 0.3) is 44.4 Å². The normalized spacial score (nSPS) is 13.4. The molecule has 53 heavy (non-hydrogen) atoms. The van der Waals surface area contributed by atoms with Gasteiger partial charge in [0.1, 0.15) is 0 Å². The minimum atomic E-state index is -0.903. The van der Waals surface area contributed by atoms with E-state index in [4.69, 9.17) is 25.3 Å². The molecule has 1 unspecified atom stereocenters. The molecule has 0 fully saturated rings. The molecule has 13 heteroatoms. The fraction of sp³-hybridized carbons (Fsp3) is 0.450. The van der Waals surface area contributed by atoms with Crippen LogP contribution in [0.4, 0.5) is 0 Å². The molecule has 2 aliphatic rings. The molecule has 0 saturated carbocycles. The zero-order valence-corrected chi connectivity index (χ0v) is 31.5. The summed E-state index contributed by atoms with van der Waals surface area (Å²) in [6.07, 6.45) is 0.583. The van der Waals surface area contributed by atoms with Crippen LogP contribution in [0, 0.1) is 13.8 Å². The van der Waals surface area contributed by atoms with Gasteiger partial charge in [-0.05, 0) is 117 Å². The molecule has 0 radical (unpaired) electrons. The lowest BCUT2D eigenvalue weighted by Gasteiger charge is -2.17. The first-order valence-corrected chi connectivity index (χ1v) is 18.1. The molecule has 0 aromatic carbocycles. The van der Waals surface area contributed by atoms with Crippen LogP contribution in [0.3, 0.4) is 0 Å². The summed E-state index contributed by atoms with van der Waals surface area (Å²) >= 11 is 0. The minimum absolute atomic E-state index is 0.0395. The van der Waals surface area contributed by atoms with Gasteiger partial charge in [0, 0.05) is 60.1 Å². The maximum Gasteiger partial charge on any atom is 0.303 e. The number of aliphatic carboxylic acids is 2. The largest absolute Gasteiger partial charge is 0.481 e. The number of aliphatic hydroxyl groups excluding tert-OH is 4. The van der Waals surface area contributed by atoms with Gasteiger partial charge < -0.3 is 40.6 Å². The van der Waals surface area contributed by atoms with Gasteiger partial charge in [-0.25, -0.2) is 9.97 Å². The molecule has 8 N–H and O–H groups in total. The summed E-state index contributed by atoms with van der Waals surface area (Å²) < 4.78 is 0. The number of aromatic nitrogens is 4. The number of hydrogen-bond acceptors (Lipinski definition) is 9. The van der Waals surface area contributed by atoms with Gasteiger partial charge in [-0.15, -0.1) is 0 Å². The number of carboxylic acid groups (broad SMARTS) is 2. The quantitative estimate of drug-likeness (QED) is 0.105. The predicted molar refractivity (Wildman–Crippen MR) is 207 cm³/mol. The standard InChI is InChI=1S/C34H38N4O5.C6H15NO3/c1-7-21-16(2)24-12-25-17(3)22(8-10-32(40)41)29(36-25)15-30-23(9-11-33(42)43)18(4)26(37-30)14-31-34(20(6)39)19(5)27(38-31)13-28(21)35-24;8-4-1-7(2-5-9)3-6-10/h12-15,20,35,38-39H,7-11H2,1-6H3,(H,40,41)(H,42,43);8-10H,1-6H2. The SMILES string of the molecule is CCc1c(C)c2cc3nc(cc4nc(cc5[nH]c(cc1[nH]2)c(C)c5C(C)O)C(C)=C4CCC(=O)O)C(CCC(=O)O)=C3C.OCCN(CCO)CCO. The highest BCUT2D eigenvalue weighted by Gasteiger charge is 2.23. The van der Waals surface area contributed by atoms with Crippen molar-refractivity contribution in [3.8, 4) is 0 Å². The number of carbonyl (C=O) groups is 2. The van der Waals surface area contributed by atoms with Crippen LogP contribution in [0.5, 0.6) is 0 Å². The van der Waals surface area contributed by atoms with Crippen LogP contribution in [-0.4, -0.2) is 107 Å². The van der Waals surface area contributed by atoms with Crippen molar-refractivity contribution < 1.29 is 40.2 Å². The van der Waals surface area contributed by atoms with Crippen LogP contribution in [0.15, 0.2) is 24.3 Å². The van der Waals surface area contributed by atoms with Gasteiger partial charge in [0.05, 0.1) is 48.7 Å². The Morgan fingerprint density at radius 2 is 1.13 bits per heavy atom. The molecule has 5 heterocycles. The summed E-state index contributed by atoms with van der Waals surface area (Å²) in [5.41, 5.74) is 13.6. The number of rotatable bonds is 14. The Bertz CT molecular complexity index is 2040. The van der Waals surface area contributed by atoms with Crippen molar-refractivity contribution in [2.24, 2.45) is 0 Å². The van der Waals surface area contributed by atoms with Gasteiger partial charge in [0.15, 0.2) is 0 Å². The summed E-state index contributed by atoms with van der Waals surface area (Å²) in [5.74, 6) is -1.79. The first-order valence-electron chi connectivity index (χ1n) is 18.1. The highest BCUT2D eigenvalue weighted by Crippen LogP contribution is 2.38. The van der Waals surface area contributed by atoms with Crippen molar-refractivity contribution in [2.45, 2.75) is 79.8 Å². The van der Waals surface area contributed by atoms with E-state index in [0.29, 0.717) is 43.1 Å². The van der Waals surface area contributed by atoms with E-state index in [1.54, 1.807) is 11.8 Å². The number of allylic oxidation sites excluding steroid dienone is 4. The molecule has 1 atom stereocenters. The molecule has 0 aliphatic carbocycles. The van der Waals surface area contributed by atoms with E-state index in [-0.39, 0.29) is 39.1 Å². The van der Waals surface area contributed by atoms with Gasteiger partial charge in [-0.2, -0.15) is 0 Å². The van der Waals surface area contributed by atoms with Crippen molar-refractivity contribution in [2.75, 3.05) is 39.5 Å².